The van der Waals surface area contributed by atoms with Gasteiger partial charge < -0.3 is 4.74 Å². The third-order valence-corrected chi connectivity index (χ3v) is 3.23. The lowest BCUT2D eigenvalue weighted by molar-refractivity contribution is -0.116. The molecule has 0 aliphatic carbocycles. The zero-order chi connectivity index (χ0) is 14.5. The van der Waals surface area contributed by atoms with E-state index in [9.17, 15) is 9.18 Å². The average Bonchev–Trinajstić information content (AvgIpc) is 2.41. The molecule has 0 aliphatic rings. The molecule has 2 aromatic carbocycles. The lowest BCUT2D eigenvalue weighted by atomic mass is 10.1. The van der Waals surface area contributed by atoms with Crippen LogP contribution in [0.15, 0.2) is 42.5 Å². The Bertz CT molecular complexity index is 608. The third kappa shape index (κ3) is 3.81. The predicted molar refractivity (Wildman–Crippen MR) is 76.6 cm³/mol. The van der Waals surface area contributed by atoms with Crippen LogP contribution in [0, 0.1) is 5.82 Å². The second-order valence-corrected chi connectivity index (χ2v) is 4.90. The lowest BCUT2D eigenvalue weighted by Gasteiger charge is -2.08. The van der Waals surface area contributed by atoms with Gasteiger partial charge in [0.2, 0.25) is 0 Å². The van der Waals surface area contributed by atoms with Gasteiger partial charge in [-0.05, 0) is 30.7 Å². The van der Waals surface area contributed by atoms with Gasteiger partial charge in [-0.1, -0.05) is 35.9 Å². The lowest BCUT2D eigenvalue weighted by Crippen LogP contribution is -1.99. The van der Waals surface area contributed by atoms with Gasteiger partial charge in [-0.3, -0.25) is 4.79 Å². The third-order valence-electron chi connectivity index (χ3n) is 2.80. The van der Waals surface area contributed by atoms with E-state index in [0.29, 0.717) is 17.7 Å². The van der Waals surface area contributed by atoms with Crippen molar-refractivity contribution in [1.82, 2.24) is 0 Å². The van der Waals surface area contributed by atoms with Gasteiger partial charge in [0.15, 0.2) is 0 Å². The van der Waals surface area contributed by atoms with Crippen molar-refractivity contribution in [2.45, 2.75) is 20.0 Å². The normalized spacial score (nSPS) is 10.3. The molecular formula is C16H14ClFO2. The molecule has 0 N–H and O–H groups in total. The smallest absolute Gasteiger partial charge is 0.142 e. The molecule has 0 unspecified atom stereocenters. The molecule has 0 fully saturated rings. The van der Waals surface area contributed by atoms with E-state index >= 15 is 0 Å². The Morgan fingerprint density at radius 3 is 2.55 bits per heavy atom. The molecule has 2 nitrogen and oxygen atoms in total. The maximum absolute atomic E-state index is 13.3. The highest BCUT2D eigenvalue weighted by molar-refractivity contribution is 6.31. The number of ether oxygens (including phenoxy) is 1. The highest BCUT2D eigenvalue weighted by Crippen LogP contribution is 2.22. The maximum Gasteiger partial charge on any atom is 0.142 e. The molecule has 0 bridgehead atoms. The number of benzene rings is 2. The predicted octanol–water partition coefficient (Wildman–Crippen LogP) is 4.19. The molecule has 0 saturated heterocycles. The molecule has 0 aliphatic heterocycles. The molecule has 0 amide bonds. The summed E-state index contributed by atoms with van der Waals surface area (Å²) in [4.78, 5) is 11.0. The van der Waals surface area contributed by atoms with Crippen LogP contribution < -0.4 is 4.74 Å². The van der Waals surface area contributed by atoms with Crippen molar-refractivity contribution in [1.29, 1.82) is 0 Å². The van der Waals surface area contributed by atoms with Gasteiger partial charge in [-0.15, -0.1) is 0 Å². The fraction of sp³-hybridized carbons (Fsp3) is 0.188. The van der Waals surface area contributed by atoms with E-state index < -0.39 is 5.82 Å². The summed E-state index contributed by atoms with van der Waals surface area (Å²) in [7, 11) is 0. The van der Waals surface area contributed by atoms with Crippen molar-refractivity contribution in [2.24, 2.45) is 0 Å². The molecule has 20 heavy (non-hydrogen) atoms. The second kappa shape index (κ2) is 6.53. The van der Waals surface area contributed by atoms with Crippen LogP contribution in [0.2, 0.25) is 5.02 Å². The van der Waals surface area contributed by atoms with Crippen LogP contribution in [-0.4, -0.2) is 5.78 Å². The number of ketones is 1. The first kappa shape index (κ1) is 14.5. The molecule has 0 atom stereocenters. The molecule has 4 heteroatoms. The van der Waals surface area contributed by atoms with Crippen LogP contribution in [0.1, 0.15) is 18.1 Å². The molecule has 0 aromatic heterocycles. The molecule has 0 spiro atoms. The van der Waals surface area contributed by atoms with Crippen molar-refractivity contribution in [3.8, 4) is 5.75 Å². The first-order chi connectivity index (χ1) is 9.56. The minimum absolute atomic E-state index is 0.0840. The SMILES string of the molecule is CC(=O)Cc1ccc(OCc2cccc(F)c2Cl)cc1. The van der Waals surface area contributed by atoms with Crippen molar-refractivity contribution < 1.29 is 13.9 Å². The van der Waals surface area contributed by atoms with E-state index in [-0.39, 0.29) is 17.4 Å². The quantitative estimate of drug-likeness (QED) is 0.826. The Hall–Kier alpha value is -1.87. The summed E-state index contributed by atoms with van der Waals surface area (Å²) >= 11 is 5.85. The summed E-state index contributed by atoms with van der Waals surface area (Å²) < 4.78 is 18.8. The number of hydrogen-bond donors (Lipinski definition) is 0. The zero-order valence-electron chi connectivity index (χ0n) is 11.0. The summed E-state index contributed by atoms with van der Waals surface area (Å²) in [6, 6.07) is 11.9. The largest absolute Gasteiger partial charge is 0.489 e. The van der Waals surface area contributed by atoms with Gasteiger partial charge in [-0.2, -0.15) is 0 Å². The fourth-order valence-corrected chi connectivity index (χ4v) is 1.99. The van der Waals surface area contributed by atoms with E-state index in [1.165, 1.54) is 6.07 Å². The van der Waals surface area contributed by atoms with E-state index in [1.807, 2.05) is 12.1 Å². The summed E-state index contributed by atoms with van der Waals surface area (Å²) in [6.45, 7) is 1.75. The Balaban J connectivity index is 2.00. The summed E-state index contributed by atoms with van der Waals surface area (Å²) in [6.07, 6.45) is 0.413. The van der Waals surface area contributed by atoms with Crippen LogP contribution in [0.3, 0.4) is 0 Å². The molecule has 0 heterocycles. The Morgan fingerprint density at radius 1 is 1.20 bits per heavy atom. The molecule has 0 saturated carbocycles. The number of halogens is 2. The van der Waals surface area contributed by atoms with Gasteiger partial charge >= 0.3 is 0 Å². The van der Waals surface area contributed by atoms with Crippen molar-refractivity contribution in [3.05, 3.63) is 64.4 Å². The first-order valence-electron chi connectivity index (χ1n) is 6.20. The number of Topliss-reactive ketones (excluding diaryl/α,β-unsaturated/α-hetero) is 1. The zero-order valence-corrected chi connectivity index (χ0v) is 11.8. The number of hydrogen-bond acceptors (Lipinski definition) is 2. The molecular weight excluding hydrogens is 279 g/mol. The highest BCUT2D eigenvalue weighted by Gasteiger charge is 2.06. The average molecular weight is 293 g/mol. The van der Waals surface area contributed by atoms with Crippen LogP contribution in [0.5, 0.6) is 5.75 Å². The maximum atomic E-state index is 13.3. The monoisotopic (exact) mass is 292 g/mol. The van der Waals surface area contributed by atoms with Crippen LogP contribution in [0.4, 0.5) is 4.39 Å². The number of carbonyl (C=O) groups is 1. The van der Waals surface area contributed by atoms with Crippen LogP contribution in [-0.2, 0) is 17.8 Å². The first-order valence-corrected chi connectivity index (χ1v) is 6.58. The van der Waals surface area contributed by atoms with Crippen molar-refractivity contribution >= 4 is 17.4 Å². The second-order valence-electron chi connectivity index (χ2n) is 4.52. The van der Waals surface area contributed by atoms with Crippen molar-refractivity contribution in [2.75, 3.05) is 0 Å². The number of carbonyl (C=O) groups excluding carboxylic acids is 1. The van der Waals surface area contributed by atoms with Crippen molar-refractivity contribution in [3.63, 3.8) is 0 Å². The van der Waals surface area contributed by atoms with E-state index in [1.54, 1.807) is 31.2 Å². The fourth-order valence-electron chi connectivity index (χ4n) is 1.81. The van der Waals surface area contributed by atoms with E-state index in [0.717, 1.165) is 5.56 Å². The topological polar surface area (TPSA) is 26.3 Å². The van der Waals surface area contributed by atoms with Crippen LogP contribution in [0.25, 0.3) is 0 Å². The number of rotatable bonds is 5. The van der Waals surface area contributed by atoms with Gasteiger partial charge in [-0.25, -0.2) is 4.39 Å². The van der Waals surface area contributed by atoms with Crippen LogP contribution >= 0.6 is 11.6 Å². The minimum Gasteiger partial charge on any atom is -0.489 e. The van der Waals surface area contributed by atoms with Gasteiger partial charge in [0.25, 0.3) is 0 Å². The Labute approximate surface area is 122 Å². The minimum atomic E-state index is -0.454. The summed E-state index contributed by atoms with van der Waals surface area (Å²) in [5, 5.41) is 0.0840. The molecule has 104 valence electrons. The highest BCUT2D eigenvalue weighted by atomic mass is 35.5. The van der Waals surface area contributed by atoms with E-state index in [4.69, 9.17) is 16.3 Å². The summed E-state index contributed by atoms with van der Waals surface area (Å²) in [5.74, 6) is 0.312. The molecule has 2 rings (SSSR count). The standard InChI is InChI=1S/C16H14ClFO2/c1-11(19)9-12-5-7-14(8-6-12)20-10-13-3-2-4-15(18)16(13)17/h2-8H,9-10H2,1H3. The van der Waals surface area contributed by atoms with Gasteiger partial charge in [0.05, 0.1) is 5.02 Å². The van der Waals surface area contributed by atoms with Gasteiger partial charge in [0, 0.05) is 12.0 Å². The molecule has 0 radical (unpaired) electrons. The molecule has 2 aromatic rings. The summed E-state index contributed by atoms with van der Waals surface area (Å²) in [5.41, 5.74) is 1.54. The Kier molecular flexibility index (Phi) is 4.74. The van der Waals surface area contributed by atoms with Gasteiger partial charge in [0.1, 0.15) is 24.0 Å². The Morgan fingerprint density at radius 2 is 1.90 bits per heavy atom. The van der Waals surface area contributed by atoms with E-state index in [2.05, 4.69) is 0 Å².